The van der Waals surface area contributed by atoms with Gasteiger partial charge in [-0.25, -0.2) is 0 Å². The lowest BCUT2D eigenvalue weighted by Gasteiger charge is -2.20. The van der Waals surface area contributed by atoms with Gasteiger partial charge in [-0.2, -0.15) is 5.10 Å². The van der Waals surface area contributed by atoms with Crippen molar-refractivity contribution in [3.8, 4) is 0 Å². The molecule has 1 amide bonds. The first-order chi connectivity index (χ1) is 11.8. The van der Waals surface area contributed by atoms with Gasteiger partial charge in [0.05, 0.1) is 5.69 Å². The Hall–Kier alpha value is -1.50. The number of aromatic nitrogens is 2. The highest BCUT2D eigenvalue weighted by Crippen LogP contribution is 2.21. The maximum atomic E-state index is 12.0. The molecule has 1 unspecified atom stereocenters. The van der Waals surface area contributed by atoms with Crippen LogP contribution in [0.1, 0.15) is 24.5 Å². The average Bonchev–Trinajstić information content (AvgIpc) is 3.09. The summed E-state index contributed by atoms with van der Waals surface area (Å²) in [5.41, 5.74) is 1.09. The number of rotatable bonds is 7. The molecule has 7 heteroatoms. The summed E-state index contributed by atoms with van der Waals surface area (Å²) in [4.78, 5) is 13.2. The van der Waals surface area contributed by atoms with E-state index in [0.29, 0.717) is 12.5 Å². The molecule has 1 aliphatic rings. The Morgan fingerprint density at radius 3 is 2.92 bits per heavy atom. The van der Waals surface area contributed by atoms with Crippen LogP contribution in [0.15, 0.2) is 47.5 Å². The molecule has 0 bridgehead atoms. The highest BCUT2D eigenvalue weighted by Gasteiger charge is 2.17. The van der Waals surface area contributed by atoms with E-state index in [0.717, 1.165) is 24.5 Å². The number of thioether (sulfide) groups is 1. The summed E-state index contributed by atoms with van der Waals surface area (Å²) in [7, 11) is 0. The molecule has 3 rings (SSSR count). The normalized spacial score (nSPS) is 16.9. The van der Waals surface area contributed by atoms with Gasteiger partial charge >= 0.3 is 0 Å². The number of carbonyl (C=O) groups excluding carboxylic acids is 1. The molecule has 2 N–H and O–H groups in total. The predicted octanol–water partition coefficient (Wildman–Crippen LogP) is 2.68. The van der Waals surface area contributed by atoms with Crippen molar-refractivity contribution in [1.29, 1.82) is 0 Å². The van der Waals surface area contributed by atoms with Crippen LogP contribution in [-0.4, -0.2) is 41.1 Å². The van der Waals surface area contributed by atoms with Gasteiger partial charge in [-0.3, -0.25) is 9.48 Å². The summed E-state index contributed by atoms with van der Waals surface area (Å²) in [5.74, 6) is 1.36. The summed E-state index contributed by atoms with van der Waals surface area (Å²) in [6.45, 7) is 3.04. The lowest BCUT2D eigenvalue weighted by atomic mass is 9.97. The Kier molecular flexibility index (Phi) is 8.31. The summed E-state index contributed by atoms with van der Waals surface area (Å²) >= 11 is 1.75. The highest BCUT2D eigenvalue weighted by atomic mass is 35.5. The van der Waals surface area contributed by atoms with E-state index in [-0.39, 0.29) is 24.9 Å². The van der Waals surface area contributed by atoms with Gasteiger partial charge in [-0.15, -0.1) is 24.2 Å². The van der Waals surface area contributed by atoms with Crippen molar-refractivity contribution in [2.75, 3.05) is 25.4 Å². The third kappa shape index (κ3) is 6.38. The first kappa shape index (κ1) is 19.8. The number of nitrogens with one attached hydrogen (secondary N) is 2. The maximum Gasteiger partial charge on any atom is 0.241 e. The molecule has 1 saturated heterocycles. The third-order valence-corrected chi connectivity index (χ3v) is 5.13. The summed E-state index contributed by atoms with van der Waals surface area (Å²) in [5, 5.41) is 10.9. The smallest absolute Gasteiger partial charge is 0.241 e. The number of amides is 1. The van der Waals surface area contributed by atoms with Crippen molar-refractivity contribution in [3.63, 3.8) is 0 Å². The summed E-state index contributed by atoms with van der Waals surface area (Å²) < 4.78 is 1.74. The fraction of sp³-hybridized carbons (Fsp3) is 0.444. The molecule has 1 aromatic heterocycles. The molecular formula is C18H25ClN4OS. The molecule has 1 aromatic carbocycles. The van der Waals surface area contributed by atoms with Crippen molar-refractivity contribution in [1.82, 2.24) is 20.4 Å². The van der Waals surface area contributed by atoms with Crippen LogP contribution >= 0.6 is 24.2 Å². The minimum Gasteiger partial charge on any atom is -0.354 e. The lowest BCUT2D eigenvalue weighted by Crippen LogP contribution is -2.30. The van der Waals surface area contributed by atoms with E-state index < -0.39 is 0 Å². The minimum atomic E-state index is 0. The van der Waals surface area contributed by atoms with E-state index in [1.165, 1.54) is 17.7 Å². The van der Waals surface area contributed by atoms with Crippen molar-refractivity contribution < 1.29 is 4.79 Å². The molecule has 1 aliphatic heterocycles. The standard InChI is InChI=1S/C18H24N4OS.ClH/c23-18(20-10-12-24-16-6-2-1-3-7-16)14-22-11-8-17(21-22)15-5-4-9-19-13-15;/h1-3,6-8,11,15,19H,4-5,9-10,12-14H2,(H,20,23);1H. The van der Waals surface area contributed by atoms with Gasteiger partial charge in [-0.1, -0.05) is 18.2 Å². The van der Waals surface area contributed by atoms with Gasteiger partial charge in [0.15, 0.2) is 0 Å². The molecule has 1 fully saturated rings. The Labute approximate surface area is 159 Å². The minimum absolute atomic E-state index is 0. The van der Waals surface area contributed by atoms with Gasteiger partial charge in [-0.05, 0) is 37.6 Å². The fourth-order valence-electron chi connectivity index (χ4n) is 2.87. The predicted molar refractivity (Wildman–Crippen MR) is 104 cm³/mol. The quantitative estimate of drug-likeness (QED) is 0.572. The van der Waals surface area contributed by atoms with Crippen molar-refractivity contribution in [2.24, 2.45) is 0 Å². The lowest BCUT2D eigenvalue weighted by molar-refractivity contribution is -0.121. The molecule has 5 nitrogen and oxygen atoms in total. The Balaban J connectivity index is 0.00000225. The molecule has 2 aromatic rings. The highest BCUT2D eigenvalue weighted by molar-refractivity contribution is 7.99. The van der Waals surface area contributed by atoms with E-state index in [9.17, 15) is 4.79 Å². The second-order valence-electron chi connectivity index (χ2n) is 5.99. The number of hydrogen-bond acceptors (Lipinski definition) is 4. The zero-order valence-electron chi connectivity index (χ0n) is 14.2. The maximum absolute atomic E-state index is 12.0. The Bertz CT molecular complexity index is 644. The molecule has 25 heavy (non-hydrogen) atoms. The van der Waals surface area contributed by atoms with Gasteiger partial charge in [0.1, 0.15) is 6.54 Å². The Morgan fingerprint density at radius 1 is 1.32 bits per heavy atom. The number of carbonyl (C=O) groups is 1. The monoisotopic (exact) mass is 380 g/mol. The van der Waals surface area contributed by atoms with Crippen LogP contribution in [0.4, 0.5) is 0 Å². The SMILES string of the molecule is Cl.O=C(Cn1ccc(C2CCCNC2)n1)NCCSc1ccccc1. The average molecular weight is 381 g/mol. The van der Waals surface area contributed by atoms with Crippen LogP contribution in [0.2, 0.25) is 0 Å². The molecular weight excluding hydrogens is 356 g/mol. The molecule has 1 atom stereocenters. The zero-order valence-corrected chi connectivity index (χ0v) is 15.8. The van der Waals surface area contributed by atoms with E-state index >= 15 is 0 Å². The first-order valence-electron chi connectivity index (χ1n) is 8.50. The summed E-state index contributed by atoms with van der Waals surface area (Å²) in [6.07, 6.45) is 4.27. The number of benzene rings is 1. The molecule has 0 spiro atoms. The van der Waals surface area contributed by atoms with Crippen LogP contribution in [0.5, 0.6) is 0 Å². The second-order valence-corrected chi connectivity index (χ2v) is 7.16. The van der Waals surface area contributed by atoms with Crippen molar-refractivity contribution >= 4 is 30.1 Å². The second kappa shape index (κ2) is 10.5. The van der Waals surface area contributed by atoms with Crippen LogP contribution in [0.3, 0.4) is 0 Å². The van der Waals surface area contributed by atoms with Crippen LogP contribution in [-0.2, 0) is 11.3 Å². The molecule has 0 radical (unpaired) electrons. The third-order valence-electron chi connectivity index (χ3n) is 4.12. The number of halogens is 1. The number of nitrogens with zero attached hydrogens (tertiary/aromatic N) is 2. The number of hydrogen-bond donors (Lipinski definition) is 2. The van der Waals surface area contributed by atoms with Crippen molar-refractivity contribution in [3.05, 3.63) is 48.3 Å². The van der Waals surface area contributed by atoms with Crippen LogP contribution in [0, 0.1) is 0 Å². The largest absolute Gasteiger partial charge is 0.354 e. The van der Waals surface area contributed by atoms with Crippen LogP contribution in [0.25, 0.3) is 0 Å². The van der Waals surface area contributed by atoms with E-state index in [2.05, 4.69) is 27.9 Å². The first-order valence-corrected chi connectivity index (χ1v) is 9.48. The number of piperidine rings is 1. The summed E-state index contributed by atoms with van der Waals surface area (Å²) in [6, 6.07) is 12.3. The molecule has 0 saturated carbocycles. The van der Waals surface area contributed by atoms with Crippen molar-refractivity contribution in [2.45, 2.75) is 30.2 Å². The van der Waals surface area contributed by atoms with Gasteiger partial charge in [0, 0.05) is 35.9 Å². The topological polar surface area (TPSA) is 59.0 Å². The molecule has 2 heterocycles. The van der Waals surface area contributed by atoms with E-state index in [1.54, 1.807) is 16.4 Å². The molecule has 136 valence electrons. The Morgan fingerprint density at radius 2 is 2.16 bits per heavy atom. The van der Waals surface area contributed by atoms with E-state index in [1.807, 2.05) is 30.5 Å². The van der Waals surface area contributed by atoms with Crippen LogP contribution < -0.4 is 10.6 Å². The molecule has 0 aliphatic carbocycles. The van der Waals surface area contributed by atoms with Gasteiger partial charge in [0.2, 0.25) is 5.91 Å². The zero-order chi connectivity index (χ0) is 16.6. The fourth-order valence-corrected chi connectivity index (χ4v) is 3.66. The van der Waals surface area contributed by atoms with Gasteiger partial charge in [0.25, 0.3) is 0 Å². The van der Waals surface area contributed by atoms with Gasteiger partial charge < -0.3 is 10.6 Å². The van der Waals surface area contributed by atoms with E-state index in [4.69, 9.17) is 0 Å².